The summed E-state index contributed by atoms with van der Waals surface area (Å²) in [6.45, 7) is 6.65. The van der Waals surface area contributed by atoms with Crippen LogP contribution in [0.15, 0.2) is 0 Å². The molecule has 4 rings (SSSR count). The minimum Gasteiger partial charge on any atom is -0.481 e. The molecule has 166 valence electrons. The van der Waals surface area contributed by atoms with Crippen LogP contribution in [0.5, 0.6) is 0 Å². The van der Waals surface area contributed by atoms with Gasteiger partial charge in [-0.25, -0.2) is 0 Å². The average Bonchev–Trinajstić information content (AvgIpc) is 2.98. The first-order chi connectivity index (χ1) is 13.5. The molecule has 5 nitrogen and oxygen atoms in total. The van der Waals surface area contributed by atoms with Crippen molar-refractivity contribution in [2.75, 3.05) is 0 Å². The molecule has 4 aliphatic rings. The Morgan fingerprint density at radius 1 is 1.07 bits per heavy atom. The maximum Gasteiger partial charge on any atom is 0.303 e. The van der Waals surface area contributed by atoms with Gasteiger partial charge in [-0.2, -0.15) is 0 Å². The summed E-state index contributed by atoms with van der Waals surface area (Å²) in [6, 6.07) is 0. The predicted octanol–water partition coefficient (Wildman–Crippen LogP) is 3.59. The highest BCUT2D eigenvalue weighted by molar-refractivity contribution is 5.66. The van der Waals surface area contributed by atoms with E-state index in [1.807, 2.05) is 0 Å². The lowest BCUT2D eigenvalue weighted by molar-refractivity contribution is -0.286. The fourth-order valence-corrected chi connectivity index (χ4v) is 8.82. The first-order valence-electron chi connectivity index (χ1n) is 11.8. The monoisotopic (exact) mass is 408 g/mol. The maximum atomic E-state index is 12.2. The van der Waals surface area contributed by atoms with Crippen molar-refractivity contribution in [3.63, 3.8) is 0 Å². The number of carboxylic acids is 1. The second-order valence-corrected chi connectivity index (χ2v) is 11.5. The van der Waals surface area contributed by atoms with Crippen molar-refractivity contribution < 1.29 is 25.2 Å². The second-order valence-electron chi connectivity index (χ2n) is 11.5. The molecule has 0 unspecified atom stereocenters. The Kier molecular flexibility index (Phi) is 5.36. The lowest BCUT2D eigenvalue weighted by Crippen LogP contribution is -2.71. The fraction of sp³-hybridized carbons (Fsp3) is 0.958. The molecule has 0 aromatic rings. The van der Waals surface area contributed by atoms with Gasteiger partial charge in [-0.05, 0) is 92.8 Å². The Bertz CT molecular complexity index is 651. The van der Waals surface area contributed by atoms with Crippen molar-refractivity contribution >= 4 is 5.97 Å². The highest BCUT2D eigenvalue weighted by atomic mass is 16.4. The quantitative estimate of drug-likeness (QED) is 0.570. The zero-order valence-corrected chi connectivity index (χ0v) is 18.3. The lowest BCUT2D eigenvalue weighted by Gasteiger charge is -2.67. The molecule has 0 aromatic heterocycles. The first-order valence-corrected chi connectivity index (χ1v) is 11.8. The number of rotatable bonds is 4. The summed E-state index contributed by atoms with van der Waals surface area (Å²) in [4.78, 5) is 11.1. The predicted molar refractivity (Wildman–Crippen MR) is 110 cm³/mol. The maximum absolute atomic E-state index is 12.2. The molecule has 0 heterocycles. The molecule has 4 aliphatic carbocycles. The molecule has 4 fully saturated rings. The molecular formula is C24H40O5. The third-order valence-corrected chi connectivity index (χ3v) is 10.4. The average molecular weight is 409 g/mol. The third kappa shape index (κ3) is 3.02. The van der Waals surface area contributed by atoms with E-state index < -0.39 is 17.7 Å². The first kappa shape index (κ1) is 21.6. The minimum absolute atomic E-state index is 0.0361. The van der Waals surface area contributed by atoms with Gasteiger partial charge < -0.3 is 20.4 Å². The van der Waals surface area contributed by atoms with Crippen LogP contribution >= 0.6 is 0 Å². The number of carbonyl (C=O) groups is 1. The van der Waals surface area contributed by atoms with Gasteiger partial charge in [0.2, 0.25) is 0 Å². The molecule has 4 N–H and O–H groups in total. The molecule has 0 aromatic carbocycles. The molecule has 5 heteroatoms. The van der Waals surface area contributed by atoms with E-state index >= 15 is 0 Å². The Balaban J connectivity index is 1.62. The molecular weight excluding hydrogens is 368 g/mol. The van der Waals surface area contributed by atoms with E-state index in [0.29, 0.717) is 37.0 Å². The number of hydrogen-bond donors (Lipinski definition) is 4. The summed E-state index contributed by atoms with van der Waals surface area (Å²) in [5.41, 5.74) is -1.44. The third-order valence-electron chi connectivity index (χ3n) is 10.4. The fourth-order valence-electron chi connectivity index (χ4n) is 8.82. The Labute approximate surface area is 174 Å². The van der Waals surface area contributed by atoms with Crippen LogP contribution in [0, 0.1) is 40.4 Å². The van der Waals surface area contributed by atoms with E-state index in [-0.39, 0.29) is 35.2 Å². The van der Waals surface area contributed by atoms with E-state index in [4.69, 9.17) is 5.11 Å². The molecule has 29 heavy (non-hydrogen) atoms. The SMILES string of the molecule is C[C@H](CCC(=O)O)[C@H]1CC[C@H]2[C@@H]3CC[C@@H]4C[C@H](O)CC[C@]4(C)[C@@]3(O)[C@@H](O)C[C@]12C. The smallest absolute Gasteiger partial charge is 0.303 e. The van der Waals surface area contributed by atoms with Crippen molar-refractivity contribution in [1.82, 2.24) is 0 Å². The second kappa shape index (κ2) is 7.20. The van der Waals surface area contributed by atoms with Crippen LogP contribution in [0.4, 0.5) is 0 Å². The molecule has 0 radical (unpaired) electrons. The van der Waals surface area contributed by atoms with Crippen LogP contribution in [0.1, 0.15) is 85.0 Å². The van der Waals surface area contributed by atoms with Crippen LogP contribution in [-0.2, 0) is 4.79 Å². The number of aliphatic hydroxyl groups is 3. The van der Waals surface area contributed by atoms with E-state index in [2.05, 4.69) is 20.8 Å². The summed E-state index contributed by atoms with van der Waals surface area (Å²) in [5.74, 6) is 0.752. The van der Waals surface area contributed by atoms with Gasteiger partial charge in [0, 0.05) is 11.8 Å². The molecule has 0 aliphatic heterocycles. The van der Waals surface area contributed by atoms with Crippen molar-refractivity contribution in [3.05, 3.63) is 0 Å². The molecule has 4 saturated carbocycles. The van der Waals surface area contributed by atoms with Gasteiger partial charge >= 0.3 is 5.97 Å². The molecule has 0 bridgehead atoms. The van der Waals surface area contributed by atoms with Gasteiger partial charge in [0.1, 0.15) is 0 Å². The number of hydrogen-bond acceptors (Lipinski definition) is 4. The Hall–Kier alpha value is -0.650. The van der Waals surface area contributed by atoms with E-state index in [0.717, 1.165) is 38.5 Å². The van der Waals surface area contributed by atoms with Crippen LogP contribution < -0.4 is 0 Å². The van der Waals surface area contributed by atoms with E-state index in [1.54, 1.807) is 0 Å². The van der Waals surface area contributed by atoms with Gasteiger partial charge in [-0.1, -0.05) is 20.8 Å². The normalized spacial score (nSPS) is 52.9. The Morgan fingerprint density at radius 2 is 1.76 bits per heavy atom. The van der Waals surface area contributed by atoms with Gasteiger partial charge in [0.15, 0.2) is 0 Å². The van der Waals surface area contributed by atoms with Gasteiger partial charge in [-0.3, -0.25) is 4.79 Å². The Morgan fingerprint density at radius 3 is 2.45 bits per heavy atom. The van der Waals surface area contributed by atoms with Gasteiger partial charge in [0.05, 0.1) is 17.8 Å². The van der Waals surface area contributed by atoms with Crippen LogP contribution in [0.3, 0.4) is 0 Å². The van der Waals surface area contributed by atoms with Gasteiger partial charge in [0.25, 0.3) is 0 Å². The zero-order valence-electron chi connectivity index (χ0n) is 18.3. The summed E-state index contributed by atoms with van der Waals surface area (Å²) in [7, 11) is 0. The zero-order chi connectivity index (χ0) is 21.2. The highest BCUT2D eigenvalue weighted by Gasteiger charge is 2.70. The van der Waals surface area contributed by atoms with Crippen LogP contribution in [0.2, 0.25) is 0 Å². The minimum atomic E-state index is -1.07. The molecule has 0 saturated heterocycles. The topological polar surface area (TPSA) is 98.0 Å². The van der Waals surface area contributed by atoms with E-state index in [9.17, 15) is 20.1 Å². The molecule has 0 amide bonds. The van der Waals surface area contributed by atoms with Crippen LogP contribution in [-0.4, -0.2) is 44.2 Å². The highest BCUT2D eigenvalue weighted by Crippen LogP contribution is 2.69. The number of aliphatic carboxylic acids is 1. The van der Waals surface area contributed by atoms with Gasteiger partial charge in [-0.15, -0.1) is 0 Å². The largest absolute Gasteiger partial charge is 0.481 e. The lowest BCUT2D eigenvalue weighted by atomic mass is 9.41. The number of carboxylic acid groups (broad SMARTS) is 1. The number of aliphatic hydroxyl groups excluding tert-OH is 2. The van der Waals surface area contributed by atoms with E-state index in [1.165, 1.54) is 0 Å². The van der Waals surface area contributed by atoms with Crippen molar-refractivity contribution in [1.29, 1.82) is 0 Å². The summed E-state index contributed by atoms with van der Waals surface area (Å²) < 4.78 is 0. The summed E-state index contributed by atoms with van der Waals surface area (Å²) >= 11 is 0. The molecule has 10 atom stereocenters. The van der Waals surface area contributed by atoms with Crippen molar-refractivity contribution in [3.8, 4) is 0 Å². The number of fused-ring (bicyclic) bond motifs is 5. The van der Waals surface area contributed by atoms with Crippen molar-refractivity contribution in [2.24, 2.45) is 40.4 Å². The van der Waals surface area contributed by atoms with Crippen molar-refractivity contribution in [2.45, 2.75) is 103 Å². The standard InChI is InChI=1S/C24H40O5/c1-14(4-9-21(27)28)17-7-8-18-19-6-5-15-12-16(25)10-11-23(15,3)24(19,29)20(26)13-22(17,18)2/h14-20,25-26,29H,4-13H2,1-3H3,(H,27,28)/t14-,15-,16-,17-,18+,19+,20+,22-,23+,24+/m1/s1. The summed E-state index contributed by atoms with van der Waals surface area (Å²) in [5, 5.41) is 42.9. The summed E-state index contributed by atoms with van der Waals surface area (Å²) in [6.07, 6.45) is 6.82. The molecule has 0 spiro atoms. The van der Waals surface area contributed by atoms with Crippen LogP contribution in [0.25, 0.3) is 0 Å².